The highest BCUT2D eigenvalue weighted by molar-refractivity contribution is 6.01. The van der Waals surface area contributed by atoms with Crippen LogP contribution in [0, 0.1) is 17.0 Å². The van der Waals surface area contributed by atoms with Crippen LogP contribution in [-0.2, 0) is 22.6 Å². The van der Waals surface area contributed by atoms with Crippen LogP contribution in [0.5, 0.6) is 0 Å². The number of hydrazone groups is 1. The Labute approximate surface area is 201 Å². The van der Waals surface area contributed by atoms with Gasteiger partial charge in [-0.1, -0.05) is 48.5 Å². The van der Waals surface area contributed by atoms with Crippen LogP contribution in [0.25, 0.3) is 10.9 Å². The van der Waals surface area contributed by atoms with E-state index in [1.54, 1.807) is 18.3 Å². The maximum atomic E-state index is 12.6. The van der Waals surface area contributed by atoms with Crippen molar-refractivity contribution in [3.63, 3.8) is 0 Å². The molecule has 3 aromatic carbocycles. The van der Waals surface area contributed by atoms with Crippen molar-refractivity contribution in [2.75, 3.05) is 5.32 Å². The Balaban J connectivity index is 1.46. The van der Waals surface area contributed by atoms with E-state index < -0.39 is 10.8 Å². The maximum Gasteiger partial charge on any atom is 0.273 e. The van der Waals surface area contributed by atoms with Gasteiger partial charge in [0, 0.05) is 40.0 Å². The van der Waals surface area contributed by atoms with Gasteiger partial charge in [-0.15, -0.1) is 0 Å². The van der Waals surface area contributed by atoms with Gasteiger partial charge in [0.05, 0.1) is 17.6 Å². The molecular formula is C26H23N5O4. The van der Waals surface area contributed by atoms with E-state index in [-0.39, 0.29) is 24.6 Å². The lowest BCUT2D eigenvalue weighted by molar-refractivity contribution is -0.385. The van der Waals surface area contributed by atoms with E-state index in [1.165, 1.54) is 18.3 Å². The van der Waals surface area contributed by atoms with Crippen LogP contribution in [0.1, 0.15) is 16.7 Å². The van der Waals surface area contributed by atoms with Crippen LogP contribution < -0.4 is 10.7 Å². The smallest absolute Gasteiger partial charge is 0.273 e. The van der Waals surface area contributed by atoms with Crippen molar-refractivity contribution >= 4 is 40.3 Å². The van der Waals surface area contributed by atoms with Crippen LogP contribution in [0.15, 0.2) is 84.1 Å². The number of aromatic nitrogens is 1. The van der Waals surface area contributed by atoms with E-state index >= 15 is 0 Å². The molecule has 0 aliphatic rings. The molecule has 9 nitrogen and oxygen atoms in total. The summed E-state index contributed by atoms with van der Waals surface area (Å²) in [5.74, 6) is -0.644. The molecule has 4 rings (SSSR count). The predicted molar refractivity (Wildman–Crippen MR) is 134 cm³/mol. The number of carbonyl (C=O) groups excluding carboxylic acids is 2. The summed E-state index contributed by atoms with van der Waals surface area (Å²) >= 11 is 0. The number of nitrogens with one attached hydrogen (secondary N) is 2. The Bertz CT molecular complexity index is 1440. The minimum Gasteiger partial charge on any atom is -0.337 e. The molecule has 0 fully saturated rings. The lowest BCUT2D eigenvalue weighted by Crippen LogP contribution is -2.20. The molecule has 176 valence electrons. The first-order chi connectivity index (χ1) is 16.9. The highest BCUT2D eigenvalue weighted by atomic mass is 16.6. The number of nitrogens with zero attached hydrogens (tertiary/aromatic N) is 3. The molecule has 35 heavy (non-hydrogen) atoms. The van der Waals surface area contributed by atoms with Gasteiger partial charge >= 0.3 is 0 Å². The number of fused-ring (bicyclic) bond motifs is 1. The average Bonchev–Trinajstić information content (AvgIpc) is 3.16. The molecule has 2 N–H and O–H groups in total. The number of nitro groups is 1. The van der Waals surface area contributed by atoms with Crippen molar-refractivity contribution in [2.45, 2.75) is 19.9 Å². The van der Waals surface area contributed by atoms with Gasteiger partial charge in [0.15, 0.2) is 0 Å². The number of aryl methyl sites for hydroxylation is 1. The molecule has 0 unspecified atom stereocenters. The minimum atomic E-state index is -0.518. The second kappa shape index (κ2) is 10.4. The van der Waals surface area contributed by atoms with Crippen molar-refractivity contribution in [3.05, 3.63) is 106 Å². The molecule has 0 bridgehead atoms. The summed E-state index contributed by atoms with van der Waals surface area (Å²) in [5, 5.41) is 18.9. The molecule has 0 aliphatic heterocycles. The third kappa shape index (κ3) is 5.77. The Morgan fingerprint density at radius 2 is 1.80 bits per heavy atom. The first-order valence-corrected chi connectivity index (χ1v) is 10.9. The van der Waals surface area contributed by atoms with Gasteiger partial charge in [0.25, 0.3) is 5.69 Å². The molecule has 0 saturated heterocycles. The standard InChI is InChI=1S/C26H23N5O4/c1-18-7-6-9-21(13-18)28-26(33)17-30-16-20(22-10-3-5-12-24(22)30)15-27-29-25(32)14-19-8-2-4-11-23(19)31(34)35/h2-13,15-16H,14,17H2,1H3,(H,28,33)(H,29,32)/b27-15+. The number of para-hydroxylation sites is 2. The Hall–Kier alpha value is -4.79. The van der Waals surface area contributed by atoms with Gasteiger partial charge in [-0.05, 0) is 30.7 Å². The first kappa shape index (κ1) is 23.4. The normalized spacial score (nSPS) is 11.0. The number of hydrogen-bond donors (Lipinski definition) is 2. The second-order valence-corrected chi connectivity index (χ2v) is 8.00. The van der Waals surface area contributed by atoms with Gasteiger partial charge in [-0.2, -0.15) is 5.10 Å². The number of nitro benzene ring substituents is 1. The lowest BCUT2D eigenvalue weighted by atomic mass is 10.1. The summed E-state index contributed by atoms with van der Waals surface area (Å²) in [5.41, 5.74) is 5.96. The summed E-state index contributed by atoms with van der Waals surface area (Å²) in [6.45, 7) is 2.06. The molecule has 0 saturated carbocycles. The molecule has 1 heterocycles. The van der Waals surface area contributed by atoms with Crippen LogP contribution >= 0.6 is 0 Å². The van der Waals surface area contributed by atoms with Gasteiger partial charge < -0.3 is 9.88 Å². The van der Waals surface area contributed by atoms with E-state index in [2.05, 4.69) is 15.8 Å². The SMILES string of the molecule is Cc1cccc(NC(=O)Cn2cc(/C=N/NC(=O)Cc3ccccc3[N+](=O)[O-])c3ccccc32)c1. The number of anilines is 1. The molecule has 0 radical (unpaired) electrons. The molecule has 0 spiro atoms. The van der Waals surface area contributed by atoms with Gasteiger partial charge in [-0.25, -0.2) is 5.43 Å². The summed E-state index contributed by atoms with van der Waals surface area (Å²) in [7, 11) is 0. The topological polar surface area (TPSA) is 119 Å². The fourth-order valence-electron chi connectivity index (χ4n) is 3.81. The zero-order valence-electron chi connectivity index (χ0n) is 19.0. The van der Waals surface area contributed by atoms with Gasteiger partial charge in [0.1, 0.15) is 6.54 Å². The minimum absolute atomic E-state index is 0.104. The second-order valence-electron chi connectivity index (χ2n) is 8.00. The first-order valence-electron chi connectivity index (χ1n) is 10.9. The fraction of sp³-hybridized carbons (Fsp3) is 0.115. The molecule has 1 aromatic heterocycles. The summed E-state index contributed by atoms with van der Waals surface area (Å²) in [6.07, 6.45) is 3.11. The fourth-order valence-corrected chi connectivity index (χ4v) is 3.81. The van der Waals surface area contributed by atoms with Crippen molar-refractivity contribution in [1.29, 1.82) is 0 Å². The van der Waals surface area contributed by atoms with Crippen LogP contribution in [-0.4, -0.2) is 27.5 Å². The van der Waals surface area contributed by atoms with Crippen molar-refractivity contribution < 1.29 is 14.5 Å². The predicted octanol–water partition coefficient (Wildman–Crippen LogP) is 4.19. The van der Waals surface area contributed by atoms with Crippen LogP contribution in [0.3, 0.4) is 0 Å². The number of carbonyl (C=O) groups is 2. The largest absolute Gasteiger partial charge is 0.337 e. The van der Waals surface area contributed by atoms with E-state index in [0.29, 0.717) is 5.56 Å². The van der Waals surface area contributed by atoms with Gasteiger partial charge in [-0.3, -0.25) is 19.7 Å². The molecule has 0 aliphatic carbocycles. The zero-order valence-corrected chi connectivity index (χ0v) is 19.0. The molecule has 9 heteroatoms. The average molecular weight is 470 g/mol. The number of hydrogen-bond acceptors (Lipinski definition) is 5. The van der Waals surface area contributed by atoms with Gasteiger partial charge in [0.2, 0.25) is 11.8 Å². The van der Waals surface area contributed by atoms with E-state index in [0.717, 1.165) is 27.7 Å². The maximum absolute atomic E-state index is 12.6. The summed E-state index contributed by atoms with van der Waals surface area (Å²) < 4.78 is 1.82. The molecular weight excluding hydrogens is 446 g/mol. The monoisotopic (exact) mass is 469 g/mol. The summed E-state index contributed by atoms with van der Waals surface area (Å²) in [6, 6.07) is 21.2. The number of amides is 2. The number of rotatable bonds is 8. The Morgan fingerprint density at radius 3 is 2.60 bits per heavy atom. The molecule has 2 amide bonds. The van der Waals surface area contributed by atoms with Crippen LogP contribution in [0.4, 0.5) is 11.4 Å². The molecule has 0 atom stereocenters. The lowest BCUT2D eigenvalue weighted by Gasteiger charge is -2.08. The third-order valence-corrected chi connectivity index (χ3v) is 5.37. The molecule has 4 aromatic rings. The Kier molecular flexibility index (Phi) is 6.96. The van der Waals surface area contributed by atoms with Crippen molar-refractivity contribution in [1.82, 2.24) is 9.99 Å². The van der Waals surface area contributed by atoms with E-state index in [9.17, 15) is 19.7 Å². The van der Waals surface area contributed by atoms with E-state index in [1.807, 2.05) is 60.0 Å². The highest BCUT2D eigenvalue weighted by Gasteiger charge is 2.15. The highest BCUT2D eigenvalue weighted by Crippen LogP contribution is 2.21. The third-order valence-electron chi connectivity index (χ3n) is 5.37. The quantitative estimate of drug-likeness (QED) is 0.228. The van der Waals surface area contributed by atoms with Crippen molar-refractivity contribution in [2.24, 2.45) is 5.10 Å². The Morgan fingerprint density at radius 1 is 1.03 bits per heavy atom. The zero-order chi connectivity index (χ0) is 24.8. The van der Waals surface area contributed by atoms with Crippen molar-refractivity contribution in [3.8, 4) is 0 Å². The summed E-state index contributed by atoms with van der Waals surface area (Å²) in [4.78, 5) is 35.5. The number of benzene rings is 3. The van der Waals surface area contributed by atoms with Crippen LogP contribution in [0.2, 0.25) is 0 Å². The van der Waals surface area contributed by atoms with E-state index in [4.69, 9.17) is 0 Å².